The lowest BCUT2D eigenvalue weighted by molar-refractivity contribution is 0.210. The Labute approximate surface area is 123 Å². The molecule has 1 N–H and O–H groups in total. The van der Waals surface area contributed by atoms with Crippen molar-refractivity contribution in [3.05, 3.63) is 24.3 Å². The van der Waals surface area contributed by atoms with Crippen molar-refractivity contribution in [1.29, 1.82) is 0 Å². The summed E-state index contributed by atoms with van der Waals surface area (Å²) in [5.41, 5.74) is 1.14. The third kappa shape index (κ3) is 3.75. The smallest absolute Gasteiger partial charge is 0.119 e. The average molecular weight is 293 g/mol. The molecule has 3 rings (SSSR count). The van der Waals surface area contributed by atoms with Gasteiger partial charge in [-0.2, -0.15) is 0 Å². The van der Waals surface area contributed by atoms with E-state index in [-0.39, 0.29) is 0 Å². The quantitative estimate of drug-likeness (QED) is 0.925. The minimum atomic E-state index is -0.586. The van der Waals surface area contributed by atoms with Crippen LogP contribution in [0.3, 0.4) is 0 Å². The molecule has 0 aromatic heterocycles. The van der Waals surface area contributed by atoms with E-state index in [0.29, 0.717) is 12.1 Å². The fourth-order valence-electron chi connectivity index (χ4n) is 3.00. The summed E-state index contributed by atoms with van der Waals surface area (Å²) in [6.45, 7) is 0. The molecule has 1 aromatic rings. The molecule has 1 saturated carbocycles. The van der Waals surface area contributed by atoms with E-state index >= 15 is 0 Å². The first-order valence-electron chi connectivity index (χ1n) is 7.68. The van der Waals surface area contributed by atoms with Crippen molar-refractivity contribution < 1.29 is 8.95 Å². The van der Waals surface area contributed by atoms with E-state index in [4.69, 9.17) is 4.74 Å². The zero-order valence-electron chi connectivity index (χ0n) is 11.8. The summed E-state index contributed by atoms with van der Waals surface area (Å²) < 4.78 is 17.3. The van der Waals surface area contributed by atoms with Crippen LogP contribution in [0.4, 0.5) is 5.69 Å². The van der Waals surface area contributed by atoms with Crippen LogP contribution in [0.5, 0.6) is 5.75 Å². The fraction of sp³-hybridized carbons (Fsp3) is 0.625. The summed E-state index contributed by atoms with van der Waals surface area (Å²) in [6.07, 6.45) is 7.42. The van der Waals surface area contributed by atoms with Crippen LogP contribution in [-0.4, -0.2) is 27.9 Å². The van der Waals surface area contributed by atoms with E-state index in [2.05, 4.69) is 29.6 Å². The first-order chi connectivity index (χ1) is 9.79. The highest BCUT2D eigenvalue weighted by atomic mass is 32.2. The van der Waals surface area contributed by atoms with Gasteiger partial charge >= 0.3 is 0 Å². The number of nitrogens with one attached hydrogen (secondary N) is 1. The summed E-state index contributed by atoms with van der Waals surface area (Å²) in [7, 11) is -0.586. The van der Waals surface area contributed by atoms with Gasteiger partial charge in [0.15, 0.2) is 0 Å². The van der Waals surface area contributed by atoms with Crippen LogP contribution in [0.1, 0.15) is 38.5 Å². The maximum absolute atomic E-state index is 11.3. The Kier molecular flexibility index (Phi) is 4.61. The predicted molar refractivity (Wildman–Crippen MR) is 83.8 cm³/mol. The molecule has 2 fully saturated rings. The van der Waals surface area contributed by atoms with Crippen molar-refractivity contribution in [1.82, 2.24) is 0 Å². The lowest BCUT2D eigenvalue weighted by Gasteiger charge is -2.23. The van der Waals surface area contributed by atoms with E-state index < -0.39 is 10.8 Å². The molecule has 0 amide bonds. The molecule has 3 nitrogen and oxygen atoms in total. The van der Waals surface area contributed by atoms with Crippen molar-refractivity contribution in [2.45, 2.75) is 50.7 Å². The van der Waals surface area contributed by atoms with Crippen molar-refractivity contribution >= 4 is 16.5 Å². The molecule has 0 bridgehead atoms. The van der Waals surface area contributed by atoms with Gasteiger partial charge in [0, 0.05) is 34.0 Å². The van der Waals surface area contributed by atoms with Gasteiger partial charge in [-0.05, 0) is 62.8 Å². The van der Waals surface area contributed by atoms with Gasteiger partial charge in [0.2, 0.25) is 0 Å². The minimum Gasteiger partial charge on any atom is -0.490 e. The molecular formula is C16H23NO2S. The van der Waals surface area contributed by atoms with Gasteiger partial charge in [-0.25, -0.2) is 0 Å². The average Bonchev–Trinajstić information content (AvgIpc) is 2.96. The molecule has 0 radical (unpaired) electrons. The van der Waals surface area contributed by atoms with E-state index in [1.54, 1.807) is 0 Å². The second kappa shape index (κ2) is 6.61. The molecular weight excluding hydrogens is 270 g/mol. The summed E-state index contributed by atoms with van der Waals surface area (Å²) >= 11 is 0. The maximum atomic E-state index is 11.3. The van der Waals surface area contributed by atoms with Crippen molar-refractivity contribution in [2.75, 3.05) is 16.8 Å². The van der Waals surface area contributed by atoms with Gasteiger partial charge < -0.3 is 10.1 Å². The van der Waals surface area contributed by atoms with Crippen LogP contribution in [-0.2, 0) is 10.8 Å². The molecule has 1 aliphatic heterocycles. The van der Waals surface area contributed by atoms with Crippen LogP contribution in [0.2, 0.25) is 0 Å². The highest BCUT2D eigenvalue weighted by Gasteiger charge is 2.18. The Morgan fingerprint density at radius 3 is 2.30 bits per heavy atom. The van der Waals surface area contributed by atoms with Crippen molar-refractivity contribution in [3.8, 4) is 5.75 Å². The number of ether oxygens (including phenoxy) is 1. The Hall–Kier alpha value is -1.03. The second-order valence-corrected chi connectivity index (χ2v) is 7.51. The van der Waals surface area contributed by atoms with Crippen LogP contribution in [0.15, 0.2) is 24.3 Å². The Morgan fingerprint density at radius 2 is 1.65 bits per heavy atom. The van der Waals surface area contributed by atoms with E-state index in [0.717, 1.165) is 35.8 Å². The normalized spacial score (nSPS) is 27.4. The number of benzene rings is 1. The van der Waals surface area contributed by atoms with Gasteiger partial charge in [0.1, 0.15) is 5.75 Å². The maximum Gasteiger partial charge on any atom is 0.119 e. The summed E-state index contributed by atoms with van der Waals surface area (Å²) in [4.78, 5) is 0. The molecule has 1 aromatic carbocycles. The van der Waals surface area contributed by atoms with Gasteiger partial charge in [-0.15, -0.1) is 0 Å². The van der Waals surface area contributed by atoms with Crippen LogP contribution < -0.4 is 10.1 Å². The molecule has 20 heavy (non-hydrogen) atoms. The minimum absolute atomic E-state index is 0.419. The highest BCUT2D eigenvalue weighted by Crippen LogP contribution is 2.25. The van der Waals surface area contributed by atoms with E-state index in [9.17, 15) is 4.21 Å². The van der Waals surface area contributed by atoms with Gasteiger partial charge in [-0.3, -0.25) is 4.21 Å². The second-order valence-electron chi connectivity index (χ2n) is 5.82. The van der Waals surface area contributed by atoms with Gasteiger partial charge in [-0.1, -0.05) is 0 Å². The standard InChI is InChI=1S/C16H23NO2S/c18-20-11-9-14(10-12-20)17-13-5-7-16(8-6-13)19-15-3-1-2-4-15/h5-8,14-15,17H,1-4,9-12H2. The molecule has 1 aliphatic carbocycles. The highest BCUT2D eigenvalue weighted by molar-refractivity contribution is 7.85. The molecule has 1 heterocycles. The molecule has 4 heteroatoms. The summed E-state index contributed by atoms with van der Waals surface area (Å²) in [5, 5.41) is 3.53. The molecule has 2 aliphatic rings. The van der Waals surface area contributed by atoms with E-state index in [1.807, 2.05) is 0 Å². The first-order valence-corrected chi connectivity index (χ1v) is 9.16. The van der Waals surface area contributed by atoms with Crippen molar-refractivity contribution in [3.63, 3.8) is 0 Å². The Bertz CT molecular complexity index is 444. The molecule has 1 saturated heterocycles. The lowest BCUT2D eigenvalue weighted by atomic mass is 10.1. The number of anilines is 1. The third-order valence-corrected chi connectivity index (χ3v) is 5.60. The SMILES string of the molecule is O=S1CCC(Nc2ccc(OC3CCCC3)cc2)CC1. The van der Waals surface area contributed by atoms with E-state index in [1.165, 1.54) is 25.7 Å². The lowest BCUT2D eigenvalue weighted by Crippen LogP contribution is -2.29. The summed E-state index contributed by atoms with van der Waals surface area (Å²) in [6, 6.07) is 8.77. The van der Waals surface area contributed by atoms with Crippen LogP contribution in [0, 0.1) is 0 Å². The Balaban J connectivity index is 1.51. The number of hydrogen-bond acceptors (Lipinski definition) is 3. The number of rotatable bonds is 4. The summed E-state index contributed by atoms with van der Waals surface area (Å²) in [5.74, 6) is 2.65. The predicted octanol–water partition coefficient (Wildman–Crippen LogP) is 3.33. The van der Waals surface area contributed by atoms with Crippen LogP contribution in [0.25, 0.3) is 0 Å². The zero-order chi connectivity index (χ0) is 13.8. The molecule has 110 valence electrons. The molecule has 0 atom stereocenters. The third-order valence-electron chi connectivity index (χ3n) is 4.22. The van der Waals surface area contributed by atoms with Gasteiger partial charge in [0.25, 0.3) is 0 Å². The first kappa shape index (κ1) is 13.9. The molecule has 0 unspecified atom stereocenters. The monoisotopic (exact) mass is 293 g/mol. The van der Waals surface area contributed by atoms with Crippen molar-refractivity contribution in [2.24, 2.45) is 0 Å². The Morgan fingerprint density at radius 1 is 1.00 bits per heavy atom. The molecule has 0 spiro atoms. The van der Waals surface area contributed by atoms with Crippen LogP contribution >= 0.6 is 0 Å². The topological polar surface area (TPSA) is 38.3 Å². The fourth-order valence-corrected chi connectivity index (χ4v) is 4.30. The number of hydrogen-bond donors (Lipinski definition) is 1. The largest absolute Gasteiger partial charge is 0.490 e. The van der Waals surface area contributed by atoms with Gasteiger partial charge in [0.05, 0.1) is 6.10 Å². The zero-order valence-corrected chi connectivity index (χ0v) is 12.7.